The van der Waals surface area contributed by atoms with Crippen molar-refractivity contribution >= 4 is 16.9 Å². The third-order valence-corrected chi connectivity index (χ3v) is 6.06. The predicted octanol–water partition coefficient (Wildman–Crippen LogP) is 5.09. The summed E-state index contributed by atoms with van der Waals surface area (Å²) in [4.78, 5) is 21.3. The second kappa shape index (κ2) is 7.82. The van der Waals surface area contributed by atoms with Gasteiger partial charge >= 0.3 is 6.18 Å². The Bertz CT molecular complexity index is 1450. The Labute approximate surface area is 191 Å². The van der Waals surface area contributed by atoms with E-state index in [0.717, 1.165) is 23.1 Å². The number of aromatic amines is 1. The van der Waals surface area contributed by atoms with Gasteiger partial charge in [0.25, 0.3) is 0 Å². The number of aryl methyl sites for hydroxylation is 1. The van der Waals surface area contributed by atoms with Gasteiger partial charge in [-0.1, -0.05) is 6.58 Å². The van der Waals surface area contributed by atoms with Crippen LogP contribution < -0.4 is 0 Å². The van der Waals surface area contributed by atoms with Gasteiger partial charge in [0.2, 0.25) is 5.91 Å². The quantitative estimate of drug-likeness (QED) is 0.336. The zero-order valence-corrected chi connectivity index (χ0v) is 18.1. The van der Waals surface area contributed by atoms with Crippen molar-refractivity contribution in [1.82, 2.24) is 24.6 Å². The summed E-state index contributed by atoms with van der Waals surface area (Å²) in [5, 5.41) is 5.38. The lowest BCUT2D eigenvalue weighted by Gasteiger charge is -2.27. The highest BCUT2D eigenvalue weighted by molar-refractivity contribution is 6.00. The lowest BCUT2D eigenvalue weighted by atomic mass is 9.95. The fourth-order valence-electron chi connectivity index (χ4n) is 4.42. The molecule has 0 spiro atoms. The lowest BCUT2D eigenvalue weighted by Crippen LogP contribution is -2.37. The normalized spacial score (nSPS) is 13.9. The maximum Gasteiger partial charge on any atom is 0.416 e. The van der Waals surface area contributed by atoms with Crippen molar-refractivity contribution < 1.29 is 22.4 Å². The van der Waals surface area contributed by atoms with Gasteiger partial charge in [0, 0.05) is 35.5 Å². The van der Waals surface area contributed by atoms with Gasteiger partial charge in [-0.05, 0) is 48.4 Å². The van der Waals surface area contributed by atoms with Gasteiger partial charge in [0.15, 0.2) is 0 Å². The molecule has 4 heterocycles. The molecule has 1 aromatic carbocycles. The van der Waals surface area contributed by atoms with E-state index in [0.29, 0.717) is 41.6 Å². The number of pyridine rings is 1. The molecule has 0 radical (unpaired) electrons. The number of rotatable bonds is 3. The van der Waals surface area contributed by atoms with Crippen LogP contribution in [0, 0.1) is 12.7 Å². The number of fused-ring (bicyclic) bond motifs is 2. The first-order chi connectivity index (χ1) is 16.2. The summed E-state index contributed by atoms with van der Waals surface area (Å²) >= 11 is 0. The highest BCUT2D eigenvalue weighted by Crippen LogP contribution is 2.42. The molecular formula is C24H19F4N5O. The summed E-state index contributed by atoms with van der Waals surface area (Å²) < 4.78 is 56.1. The Morgan fingerprint density at radius 1 is 1.21 bits per heavy atom. The molecule has 1 aliphatic heterocycles. The average molecular weight is 469 g/mol. The van der Waals surface area contributed by atoms with Crippen LogP contribution in [0.4, 0.5) is 17.6 Å². The molecule has 0 saturated carbocycles. The van der Waals surface area contributed by atoms with E-state index in [1.54, 1.807) is 28.0 Å². The molecule has 0 bridgehead atoms. The Morgan fingerprint density at radius 3 is 2.71 bits per heavy atom. The average Bonchev–Trinajstić information content (AvgIpc) is 3.38. The van der Waals surface area contributed by atoms with Crippen LogP contribution in [0.1, 0.15) is 16.8 Å². The number of H-pyrrole nitrogens is 1. The first kappa shape index (κ1) is 21.9. The van der Waals surface area contributed by atoms with Gasteiger partial charge in [0.05, 0.1) is 24.3 Å². The Balaban J connectivity index is 1.77. The number of hydrogen-bond acceptors (Lipinski definition) is 3. The number of aromatic nitrogens is 4. The molecule has 0 fully saturated rings. The molecule has 0 aliphatic carbocycles. The minimum atomic E-state index is -4.67. The molecule has 1 aliphatic rings. The van der Waals surface area contributed by atoms with E-state index < -0.39 is 17.6 Å². The lowest BCUT2D eigenvalue weighted by molar-refractivity contribution is -0.137. The zero-order valence-electron chi connectivity index (χ0n) is 18.1. The van der Waals surface area contributed by atoms with Gasteiger partial charge < -0.3 is 9.88 Å². The summed E-state index contributed by atoms with van der Waals surface area (Å²) in [6, 6.07) is 4.19. The Morgan fingerprint density at radius 2 is 2.00 bits per heavy atom. The fraction of sp³-hybridized carbons (Fsp3) is 0.208. The number of benzene rings is 1. The number of hydrogen-bond donors (Lipinski definition) is 1. The number of halogens is 4. The van der Waals surface area contributed by atoms with E-state index in [9.17, 15) is 18.0 Å². The molecule has 3 aromatic heterocycles. The van der Waals surface area contributed by atoms with Crippen LogP contribution in [0.25, 0.3) is 33.4 Å². The highest BCUT2D eigenvalue weighted by atomic mass is 19.4. The number of amides is 1. The summed E-state index contributed by atoms with van der Waals surface area (Å²) in [6.45, 7) is 6.36. The van der Waals surface area contributed by atoms with E-state index in [-0.39, 0.29) is 23.7 Å². The molecule has 1 amide bonds. The van der Waals surface area contributed by atoms with Crippen LogP contribution in [0.3, 0.4) is 0 Å². The monoisotopic (exact) mass is 469 g/mol. The van der Waals surface area contributed by atoms with Crippen molar-refractivity contribution in [2.45, 2.75) is 26.2 Å². The van der Waals surface area contributed by atoms with E-state index in [1.807, 2.05) is 6.92 Å². The topological polar surface area (TPSA) is 66.8 Å². The molecule has 4 aromatic rings. The summed E-state index contributed by atoms with van der Waals surface area (Å²) in [7, 11) is 0. The van der Waals surface area contributed by atoms with Crippen LogP contribution in [0.5, 0.6) is 0 Å². The molecule has 34 heavy (non-hydrogen) atoms. The maximum absolute atomic E-state index is 15.1. The molecule has 5 rings (SSSR count). The molecule has 0 unspecified atom stereocenters. The number of nitrogens with zero attached hydrogens (tertiary/aromatic N) is 4. The van der Waals surface area contributed by atoms with E-state index in [2.05, 4.69) is 21.6 Å². The molecule has 6 nitrogen and oxygen atoms in total. The van der Waals surface area contributed by atoms with Gasteiger partial charge in [0.1, 0.15) is 17.2 Å². The smallest absolute Gasteiger partial charge is 0.346 e. The second-order valence-corrected chi connectivity index (χ2v) is 8.10. The van der Waals surface area contributed by atoms with E-state index in [4.69, 9.17) is 0 Å². The number of carbonyl (C=O) groups excluding carboxylic acids is 1. The van der Waals surface area contributed by atoms with Crippen molar-refractivity contribution in [3.63, 3.8) is 0 Å². The maximum atomic E-state index is 15.1. The highest BCUT2D eigenvalue weighted by Gasteiger charge is 2.33. The van der Waals surface area contributed by atoms with Gasteiger partial charge in [-0.15, -0.1) is 0 Å². The first-order valence-electron chi connectivity index (χ1n) is 10.5. The SMILES string of the molecule is C=CC(=O)N1CCn2nc(-c3ccc(C(F)(F)F)cc3F)c(-c3ccnc4[nH]cc(C)c34)c2C1. The summed E-state index contributed by atoms with van der Waals surface area (Å²) in [5.74, 6) is -1.28. The van der Waals surface area contributed by atoms with Crippen molar-refractivity contribution in [3.8, 4) is 22.4 Å². The zero-order chi connectivity index (χ0) is 24.2. The third-order valence-electron chi connectivity index (χ3n) is 6.06. The van der Waals surface area contributed by atoms with Crippen molar-refractivity contribution in [1.29, 1.82) is 0 Å². The number of alkyl halides is 3. The Kier molecular flexibility index (Phi) is 5.03. The fourth-order valence-corrected chi connectivity index (χ4v) is 4.42. The van der Waals surface area contributed by atoms with E-state index in [1.165, 1.54) is 6.08 Å². The molecule has 0 atom stereocenters. The van der Waals surface area contributed by atoms with Crippen molar-refractivity contribution in [2.75, 3.05) is 6.54 Å². The largest absolute Gasteiger partial charge is 0.416 e. The minimum absolute atomic E-state index is 0.0513. The predicted molar refractivity (Wildman–Crippen MR) is 118 cm³/mol. The van der Waals surface area contributed by atoms with E-state index >= 15 is 4.39 Å². The van der Waals surface area contributed by atoms with Crippen molar-refractivity contribution in [2.24, 2.45) is 0 Å². The molecule has 0 saturated heterocycles. The molecule has 1 N–H and O–H groups in total. The summed E-state index contributed by atoms with van der Waals surface area (Å²) in [6.07, 6.45) is -0.0487. The summed E-state index contributed by atoms with van der Waals surface area (Å²) in [5.41, 5.74) is 2.50. The van der Waals surface area contributed by atoms with Crippen LogP contribution >= 0.6 is 0 Å². The Hall–Kier alpha value is -3.95. The molecule has 10 heteroatoms. The third kappa shape index (κ3) is 3.46. The van der Waals surface area contributed by atoms with Crippen LogP contribution in [0.2, 0.25) is 0 Å². The van der Waals surface area contributed by atoms with Gasteiger partial charge in [-0.25, -0.2) is 9.37 Å². The van der Waals surface area contributed by atoms with Gasteiger partial charge in [-0.2, -0.15) is 18.3 Å². The number of carbonyl (C=O) groups is 1. The standard InChI is InChI=1S/C24H19F4N5O/c1-3-19(34)32-8-9-33-18(12-32)21(16-6-7-29-23-20(16)13(2)11-30-23)22(31-33)15-5-4-14(10-17(15)25)24(26,27)28/h3-7,10-11H,1,8-9,12H2,2H3,(H,29,30). The van der Waals surface area contributed by atoms with Crippen LogP contribution in [-0.2, 0) is 24.1 Å². The first-order valence-corrected chi connectivity index (χ1v) is 10.5. The van der Waals surface area contributed by atoms with Crippen molar-refractivity contribution in [3.05, 3.63) is 72.0 Å². The van der Waals surface area contributed by atoms with Crippen LogP contribution in [-0.4, -0.2) is 37.1 Å². The molecule has 174 valence electrons. The second-order valence-electron chi connectivity index (χ2n) is 8.10. The minimum Gasteiger partial charge on any atom is -0.346 e. The molecular weight excluding hydrogens is 450 g/mol. The van der Waals surface area contributed by atoms with Crippen LogP contribution in [0.15, 0.2) is 49.3 Å². The number of nitrogens with one attached hydrogen (secondary N) is 1. The van der Waals surface area contributed by atoms with Gasteiger partial charge in [-0.3, -0.25) is 9.48 Å².